The van der Waals surface area contributed by atoms with E-state index in [4.69, 9.17) is 16.7 Å². The van der Waals surface area contributed by atoms with E-state index in [1.807, 2.05) is 12.1 Å². The van der Waals surface area contributed by atoms with Crippen LogP contribution >= 0.6 is 34.7 Å². The number of nitrogens with zero attached hydrogens (tertiary/aromatic N) is 1. The molecule has 1 heterocycles. The Hall–Kier alpha value is -1.65. The third-order valence-corrected chi connectivity index (χ3v) is 6.99. The summed E-state index contributed by atoms with van der Waals surface area (Å²) < 4.78 is 24.3. The van der Waals surface area contributed by atoms with Gasteiger partial charge in [-0.3, -0.25) is 4.79 Å². The Morgan fingerprint density at radius 3 is 2.67 bits per heavy atom. The van der Waals surface area contributed by atoms with Gasteiger partial charge in [0.1, 0.15) is 0 Å². The summed E-state index contributed by atoms with van der Waals surface area (Å²) in [5.74, 6) is 0.191. The number of rotatable bonds is 7. The summed E-state index contributed by atoms with van der Waals surface area (Å²) >= 11 is 8.86. The molecule has 27 heavy (non-hydrogen) atoms. The van der Waals surface area contributed by atoms with Crippen molar-refractivity contribution in [2.24, 2.45) is 5.14 Å². The molecular weight excluding hydrogens is 426 g/mol. The molecule has 6 nitrogen and oxygen atoms in total. The van der Waals surface area contributed by atoms with Crippen molar-refractivity contribution >= 4 is 60.8 Å². The van der Waals surface area contributed by atoms with Crippen molar-refractivity contribution < 1.29 is 13.2 Å². The molecule has 3 N–H and O–H groups in total. The van der Waals surface area contributed by atoms with Crippen LogP contribution < -0.4 is 10.5 Å². The van der Waals surface area contributed by atoms with Crippen LogP contribution in [0.1, 0.15) is 5.56 Å². The summed E-state index contributed by atoms with van der Waals surface area (Å²) in [6.45, 7) is 0.462. The van der Waals surface area contributed by atoms with E-state index in [9.17, 15) is 13.2 Å². The van der Waals surface area contributed by atoms with E-state index < -0.39 is 10.0 Å². The molecule has 0 bridgehead atoms. The molecule has 1 aromatic heterocycles. The summed E-state index contributed by atoms with van der Waals surface area (Å²) in [5, 5.41) is 8.54. The molecule has 0 spiro atoms. The normalized spacial score (nSPS) is 11.6. The van der Waals surface area contributed by atoms with Gasteiger partial charge in [0.15, 0.2) is 4.34 Å². The quantitative estimate of drug-likeness (QED) is 0.548. The van der Waals surface area contributed by atoms with Crippen molar-refractivity contribution in [3.05, 3.63) is 53.1 Å². The monoisotopic (exact) mass is 441 g/mol. The number of hydrogen-bond donors (Lipinski definition) is 2. The first-order valence-corrected chi connectivity index (χ1v) is 11.6. The van der Waals surface area contributed by atoms with Gasteiger partial charge in [0.25, 0.3) is 0 Å². The molecule has 0 radical (unpaired) electrons. The van der Waals surface area contributed by atoms with Crippen LogP contribution in [-0.2, 0) is 21.2 Å². The molecule has 0 aliphatic carbocycles. The first kappa shape index (κ1) is 20.1. The first-order chi connectivity index (χ1) is 12.8. The van der Waals surface area contributed by atoms with Gasteiger partial charge in [-0.2, -0.15) is 0 Å². The number of nitrogens with one attached hydrogen (secondary N) is 1. The van der Waals surface area contributed by atoms with E-state index in [2.05, 4.69) is 10.3 Å². The van der Waals surface area contributed by atoms with Crippen molar-refractivity contribution in [2.45, 2.75) is 15.7 Å². The highest BCUT2D eigenvalue weighted by atomic mass is 35.5. The van der Waals surface area contributed by atoms with Crippen LogP contribution in [0.5, 0.6) is 0 Å². The lowest BCUT2D eigenvalue weighted by Crippen LogP contribution is -2.27. The number of primary sulfonamides is 1. The Bertz CT molecular complexity index is 1070. The van der Waals surface area contributed by atoms with Crippen LogP contribution in [0, 0.1) is 0 Å². The maximum Gasteiger partial charge on any atom is 0.238 e. The Balaban J connectivity index is 1.45. The fourth-order valence-corrected chi connectivity index (χ4v) is 4.87. The van der Waals surface area contributed by atoms with Gasteiger partial charge in [0, 0.05) is 11.6 Å². The Kier molecular flexibility index (Phi) is 6.38. The molecule has 0 atom stereocenters. The van der Waals surface area contributed by atoms with Crippen molar-refractivity contribution in [1.82, 2.24) is 10.3 Å². The average Bonchev–Trinajstić information content (AvgIpc) is 3.01. The van der Waals surface area contributed by atoms with Crippen LogP contribution in [-0.4, -0.2) is 31.6 Å². The molecule has 3 aromatic rings. The lowest BCUT2D eigenvalue weighted by atomic mass is 10.1. The first-order valence-electron chi connectivity index (χ1n) is 7.88. The number of amides is 1. The molecule has 0 aliphatic rings. The van der Waals surface area contributed by atoms with Gasteiger partial charge >= 0.3 is 0 Å². The van der Waals surface area contributed by atoms with Crippen LogP contribution in [0.2, 0.25) is 5.02 Å². The van der Waals surface area contributed by atoms with Gasteiger partial charge < -0.3 is 5.32 Å². The molecule has 0 aliphatic heterocycles. The van der Waals surface area contributed by atoms with Gasteiger partial charge in [0.2, 0.25) is 15.9 Å². The number of nitrogens with two attached hydrogens (primary N) is 1. The van der Waals surface area contributed by atoms with E-state index in [1.165, 1.54) is 35.2 Å². The topological polar surface area (TPSA) is 102 Å². The van der Waals surface area contributed by atoms with Crippen molar-refractivity contribution in [2.75, 3.05) is 12.3 Å². The second kappa shape index (κ2) is 8.57. The molecule has 142 valence electrons. The van der Waals surface area contributed by atoms with Gasteiger partial charge in [0.05, 0.1) is 20.9 Å². The average molecular weight is 442 g/mol. The highest BCUT2D eigenvalue weighted by Crippen LogP contribution is 2.30. The number of sulfonamides is 1. The summed E-state index contributed by atoms with van der Waals surface area (Å²) in [5.41, 5.74) is 1.75. The van der Waals surface area contributed by atoms with Crippen LogP contribution in [0.15, 0.2) is 51.7 Å². The molecule has 0 unspecified atom stereocenters. The van der Waals surface area contributed by atoms with Crippen molar-refractivity contribution in [3.63, 3.8) is 0 Å². The zero-order valence-electron chi connectivity index (χ0n) is 14.0. The number of carbonyl (C=O) groups excluding carboxylic acids is 1. The number of halogens is 1. The standard InChI is InChI=1S/C17H16ClN3O3S3/c18-12-3-6-15-14(9-12)21-17(26-15)25-10-16(22)20-8-7-11-1-4-13(5-2-11)27(19,23)24/h1-6,9H,7-8,10H2,(H,20,22)(H2,19,23,24). The number of thioether (sulfide) groups is 1. The lowest BCUT2D eigenvalue weighted by Gasteiger charge is -2.05. The number of fused-ring (bicyclic) bond motifs is 1. The predicted molar refractivity (Wildman–Crippen MR) is 110 cm³/mol. The third-order valence-electron chi connectivity index (χ3n) is 3.64. The van der Waals surface area contributed by atoms with E-state index in [0.717, 1.165) is 20.1 Å². The number of aromatic nitrogens is 1. The molecular formula is C17H16ClN3O3S3. The maximum atomic E-state index is 12.0. The minimum absolute atomic E-state index is 0.0730. The Morgan fingerprint density at radius 1 is 1.22 bits per heavy atom. The highest BCUT2D eigenvalue weighted by molar-refractivity contribution is 8.01. The Labute approximate surface area is 170 Å². The van der Waals surface area contributed by atoms with Crippen LogP contribution in [0.3, 0.4) is 0 Å². The van der Waals surface area contributed by atoms with E-state index in [1.54, 1.807) is 18.2 Å². The minimum atomic E-state index is -3.68. The summed E-state index contributed by atoms with van der Waals surface area (Å²) in [6, 6.07) is 11.8. The fourth-order valence-electron chi connectivity index (χ4n) is 2.31. The lowest BCUT2D eigenvalue weighted by molar-refractivity contribution is -0.118. The van der Waals surface area contributed by atoms with E-state index in [0.29, 0.717) is 18.0 Å². The largest absolute Gasteiger partial charge is 0.355 e. The summed E-state index contributed by atoms with van der Waals surface area (Å²) in [6.07, 6.45) is 0.598. The van der Waals surface area contributed by atoms with Gasteiger partial charge in [-0.15, -0.1) is 11.3 Å². The predicted octanol–water partition coefficient (Wildman–Crippen LogP) is 3.05. The van der Waals surface area contributed by atoms with Crippen LogP contribution in [0.25, 0.3) is 10.2 Å². The maximum absolute atomic E-state index is 12.0. The second-order valence-electron chi connectivity index (χ2n) is 5.67. The molecule has 3 rings (SSSR count). The Morgan fingerprint density at radius 2 is 1.96 bits per heavy atom. The zero-order chi connectivity index (χ0) is 19.4. The smallest absolute Gasteiger partial charge is 0.238 e. The van der Waals surface area contributed by atoms with Crippen molar-refractivity contribution in [3.8, 4) is 0 Å². The molecule has 1 amide bonds. The third kappa shape index (κ3) is 5.66. The van der Waals surface area contributed by atoms with E-state index in [-0.39, 0.29) is 16.6 Å². The molecule has 2 aromatic carbocycles. The summed E-state index contributed by atoms with van der Waals surface area (Å²) in [7, 11) is -3.68. The molecule has 0 saturated carbocycles. The summed E-state index contributed by atoms with van der Waals surface area (Å²) in [4.78, 5) is 16.5. The molecule has 10 heteroatoms. The second-order valence-corrected chi connectivity index (χ2v) is 9.92. The number of hydrogen-bond acceptors (Lipinski definition) is 6. The molecule has 0 saturated heterocycles. The highest BCUT2D eigenvalue weighted by Gasteiger charge is 2.09. The van der Waals surface area contributed by atoms with Crippen molar-refractivity contribution in [1.29, 1.82) is 0 Å². The molecule has 0 fully saturated rings. The minimum Gasteiger partial charge on any atom is -0.355 e. The van der Waals surface area contributed by atoms with Gasteiger partial charge in [-0.1, -0.05) is 35.5 Å². The number of benzene rings is 2. The zero-order valence-corrected chi connectivity index (χ0v) is 17.2. The number of carbonyl (C=O) groups is 1. The van der Waals surface area contributed by atoms with Crippen LogP contribution in [0.4, 0.5) is 0 Å². The SMILES string of the molecule is NS(=O)(=O)c1ccc(CCNC(=O)CSc2nc3cc(Cl)ccc3s2)cc1. The van der Waals surface area contributed by atoms with Gasteiger partial charge in [-0.05, 0) is 42.3 Å². The fraction of sp³-hybridized carbons (Fsp3) is 0.176. The van der Waals surface area contributed by atoms with Gasteiger partial charge in [-0.25, -0.2) is 18.5 Å². The number of thiazole rings is 1. The van der Waals surface area contributed by atoms with E-state index >= 15 is 0 Å².